The summed E-state index contributed by atoms with van der Waals surface area (Å²) >= 11 is 0. The second-order valence-electron chi connectivity index (χ2n) is 8.36. The number of carbonyl (C=O) groups excluding carboxylic acids is 1. The van der Waals surface area contributed by atoms with Crippen molar-refractivity contribution in [2.75, 3.05) is 63.1 Å². The van der Waals surface area contributed by atoms with Gasteiger partial charge in [-0.3, -0.25) is 9.69 Å². The molecule has 4 heterocycles. The summed E-state index contributed by atoms with van der Waals surface area (Å²) in [4.78, 5) is 30.4. The van der Waals surface area contributed by atoms with Crippen LogP contribution in [0.1, 0.15) is 12.8 Å². The average Bonchev–Trinajstić information content (AvgIpc) is 3.45. The molecule has 10 nitrogen and oxygen atoms in total. The number of benzene rings is 1. The number of nitrogens with one attached hydrogen (secondary N) is 2. The van der Waals surface area contributed by atoms with Crippen molar-refractivity contribution in [2.45, 2.75) is 19.4 Å². The number of anilines is 3. The monoisotopic (exact) mass is 450 g/mol. The van der Waals surface area contributed by atoms with E-state index in [0.29, 0.717) is 31.3 Å². The van der Waals surface area contributed by atoms with Crippen molar-refractivity contribution in [3.63, 3.8) is 0 Å². The highest BCUT2D eigenvalue weighted by molar-refractivity contribution is 5.84. The van der Waals surface area contributed by atoms with Gasteiger partial charge < -0.3 is 24.8 Å². The summed E-state index contributed by atoms with van der Waals surface area (Å²) in [6.45, 7) is 7.28. The molecule has 3 aromatic rings. The van der Waals surface area contributed by atoms with Crippen LogP contribution in [0, 0.1) is 0 Å². The van der Waals surface area contributed by atoms with Crippen LogP contribution in [-0.2, 0) is 16.1 Å². The molecule has 2 aliphatic heterocycles. The lowest BCUT2D eigenvalue weighted by atomic mass is 10.3. The Morgan fingerprint density at radius 2 is 1.85 bits per heavy atom. The number of carbonyl (C=O) groups is 1. The lowest BCUT2D eigenvalue weighted by Crippen LogP contribution is -2.39. The minimum absolute atomic E-state index is 0.228. The van der Waals surface area contributed by atoms with Gasteiger partial charge in [0, 0.05) is 57.9 Å². The van der Waals surface area contributed by atoms with Crippen molar-refractivity contribution in [1.29, 1.82) is 0 Å². The van der Waals surface area contributed by atoms with E-state index in [4.69, 9.17) is 14.7 Å². The molecule has 2 aromatic heterocycles. The van der Waals surface area contributed by atoms with Crippen molar-refractivity contribution in [2.24, 2.45) is 0 Å². The summed E-state index contributed by atoms with van der Waals surface area (Å²) in [5.74, 6) is 1.45. The quantitative estimate of drug-likeness (QED) is 0.510. The maximum atomic E-state index is 12.0. The SMILES string of the molecule is O=C1CCCN1CCn1cnc2c(NCCN3CCOCC3)nc(Nc3ccccc3)nc21. The van der Waals surface area contributed by atoms with Crippen LogP contribution in [0.2, 0.25) is 0 Å². The molecule has 0 bridgehead atoms. The summed E-state index contributed by atoms with van der Waals surface area (Å²) in [6, 6.07) is 9.88. The molecule has 0 spiro atoms. The van der Waals surface area contributed by atoms with Gasteiger partial charge in [0.05, 0.1) is 19.5 Å². The van der Waals surface area contributed by atoms with Crippen LogP contribution >= 0.6 is 0 Å². The van der Waals surface area contributed by atoms with E-state index in [0.717, 1.165) is 69.2 Å². The Morgan fingerprint density at radius 1 is 1.00 bits per heavy atom. The van der Waals surface area contributed by atoms with Crippen molar-refractivity contribution in [3.05, 3.63) is 36.7 Å². The van der Waals surface area contributed by atoms with Crippen molar-refractivity contribution < 1.29 is 9.53 Å². The molecule has 0 atom stereocenters. The number of fused-ring (bicyclic) bond motifs is 1. The van der Waals surface area contributed by atoms with Gasteiger partial charge in [0.2, 0.25) is 11.9 Å². The van der Waals surface area contributed by atoms with E-state index in [9.17, 15) is 4.79 Å². The molecule has 1 amide bonds. The van der Waals surface area contributed by atoms with Gasteiger partial charge in [-0.05, 0) is 18.6 Å². The molecule has 5 rings (SSSR count). The predicted molar refractivity (Wildman–Crippen MR) is 127 cm³/mol. The number of para-hydroxylation sites is 1. The smallest absolute Gasteiger partial charge is 0.231 e. The summed E-state index contributed by atoms with van der Waals surface area (Å²) in [5, 5.41) is 6.77. The van der Waals surface area contributed by atoms with Gasteiger partial charge in [-0.1, -0.05) is 18.2 Å². The fourth-order valence-electron chi connectivity index (χ4n) is 4.26. The van der Waals surface area contributed by atoms with Crippen LogP contribution in [-0.4, -0.2) is 87.7 Å². The first-order valence-electron chi connectivity index (χ1n) is 11.6. The van der Waals surface area contributed by atoms with Crippen molar-refractivity contribution in [1.82, 2.24) is 29.3 Å². The third-order valence-electron chi connectivity index (χ3n) is 6.10. The lowest BCUT2D eigenvalue weighted by Gasteiger charge is -2.26. The van der Waals surface area contributed by atoms with Gasteiger partial charge in [-0.2, -0.15) is 9.97 Å². The molecule has 2 fully saturated rings. The van der Waals surface area contributed by atoms with E-state index in [-0.39, 0.29) is 5.91 Å². The fraction of sp³-hybridized carbons (Fsp3) is 0.478. The number of hydrogen-bond acceptors (Lipinski definition) is 8. The van der Waals surface area contributed by atoms with Gasteiger partial charge >= 0.3 is 0 Å². The van der Waals surface area contributed by atoms with E-state index in [1.807, 2.05) is 39.8 Å². The average molecular weight is 451 g/mol. The van der Waals surface area contributed by atoms with Gasteiger partial charge in [0.1, 0.15) is 0 Å². The largest absolute Gasteiger partial charge is 0.379 e. The molecule has 174 valence electrons. The molecule has 1 aromatic carbocycles. The second-order valence-corrected chi connectivity index (χ2v) is 8.36. The zero-order valence-corrected chi connectivity index (χ0v) is 18.7. The first-order chi connectivity index (χ1) is 16.3. The fourth-order valence-corrected chi connectivity index (χ4v) is 4.26. The van der Waals surface area contributed by atoms with E-state index in [1.54, 1.807) is 6.33 Å². The minimum atomic E-state index is 0.228. The van der Waals surface area contributed by atoms with E-state index >= 15 is 0 Å². The standard InChI is InChI=1S/C23H30N8O2/c32-19-7-4-9-30(19)11-12-31-17-25-20-21(24-8-10-29-13-15-33-16-14-29)27-23(28-22(20)31)26-18-5-2-1-3-6-18/h1-3,5-6,17H,4,7-16H2,(H2,24,26,27,28). The Bertz CT molecular complexity index is 1080. The van der Waals surface area contributed by atoms with Crippen LogP contribution in [0.25, 0.3) is 11.2 Å². The van der Waals surface area contributed by atoms with Crippen LogP contribution in [0.15, 0.2) is 36.7 Å². The minimum Gasteiger partial charge on any atom is -0.379 e. The normalized spacial score (nSPS) is 17.1. The highest BCUT2D eigenvalue weighted by atomic mass is 16.5. The number of ether oxygens (including phenoxy) is 1. The third kappa shape index (κ3) is 5.23. The Balaban J connectivity index is 1.36. The molecule has 10 heteroatoms. The number of amides is 1. The third-order valence-corrected chi connectivity index (χ3v) is 6.10. The van der Waals surface area contributed by atoms with Crippen LogP contribution in [0.4, 0.5) is 17.5 Å². The molecular weight excluding hydrogens is 420 g/mol. The van der Waals surface area contributed by atoms with Gasteiger partial charge in [0.15, 0.2) is 17.0 Å². The Labute approximate surface area is 193 Å². The zero-order valence-electron chi connectivity index (χ0n) is 18.7. The first kappa shape index (κ1) is 21.6. The Kier molecular flexibility index (Phi) is 6.63. The second kappa shape index (κ2) is 10.1. The summed E-state index contributed by atoms with van der Waals surface area (Å²) in [7, 11) is 0. The molecule has 2 N–H and O–H groups in total. The number of imidazole rings is 1. The maximum Gasteiger partial charge on any atom is 0.231 e. The van der Waals surface area contributed by atoms with E-state index in [2.05, 4.69) is 20.5 Å². The number of likely N-dealkylation sites (tertiary alicyclic amines) is 1. The van der Waals surface area contributed by atoms with Gasteiger partial charge in [0.25, 0.3) is 0 Å². The number of nitrogens with zero attached hydrogens (tertiary/aromatic N) is 6. The molecule has 0 radical (unpaired) electrons. The predicted octanol–water partition coefficient (Wildman–Crippen LogP) is 1.94. The summed E-state index contributed by atoms with van der Waals surface area (Å²) < 4.78 is 7.44. The number of morpholine rings is 1. The number of aromatic nitrogens is 4. The van der Waals surface area contributed by atoms with E-state index in [1.165, 1.54) is 0 Å². The Hall–Kier alpha value is -3.24. The van der Waals surface area contributed by atoms with Crippen LogP contribution < -0.4 is 10.6 Å². The highest BCUT2D eigenvalue weighted by Gasteiger charge is 2.21. The highest BCUT2D eigenvalue weighted by Crippen LogP contribution is 2.23. The number of hydrogen-bond donors (Lipinski definition) is 2. The van der Waals surface area contributed by atoms with Gasteiger partial charge in [-0.25, -0.2) is 4.98 Å². The van der Waals surface area contributed by atoms with Crippen LogP contribution in [0.3, 0.4) is 0 Å². The zero-order chi connectivity index (χ0) is 22.5. The number of rotatable bonds is 9. The molecule has 0 aliphatic carbocycles. The topological polar surface area (TPSA) is 100 Å². The molecule has 33 heavy (non-hydrogen) atoms. The van der Waals surface area contributed by atoms with Crippen LogP contribution in [0.5, 0.6) is 0 Å². The molecular formula is C23H30N8O2. The van der Waals surface area contributed by atoms with Gasteiger partial charge in [-0.15, -0.1) is 0 Å². The lowest BCUT2D eigenvalue weighted by molar-refractivity contribution is -0.127. The molecule has 2 aliphatic rings. The Morgan fingerprint density at radius 3 is 2.64 bits per heavy atom. The summed E-state index contributed by atoms with van der Waals surface area (Å²) in [6.07, 6.45) is 3.38. The first-order valence-corrected chi connectivity index (χ1v) is 11.6. The molecule has 2 saturated heterocycles. The summed E-state index contributed by atoms with van der Waals surface area (Å²) in [5.41, 5.74) is 2.41. The van der Waals surface area contributed by atoms with Crippen molar-refractivity contribution in [3.8, 4) is 0 Å². The van der Waals surface area contributed by atoms with Crippen molar-refractivity contribution >= 4 is 34.5 Å². The molecule has 0 unspecified atom stereocenters. The maximum absolute atomic E-state index is 12.0. The molecule has 0 saturated carbocycles. The van der Waals surface area contributed by atoms with E-state index < -0.39 is 0 Å².